The minimum absolute atomic E-state index is 0. The normalized spacial score (nSPS) is 7.11. The second kappa shape index (κ2) is 6.46. The van der Waals surface area contributed by atoms with E-state index in [1.807, 2.05) is 0 Å². The number of hydrogen-bond donors (Lipinski definition) is 0. The van der Waals surface area contributed by atoms with Gasteiger partial charge < -0.3 is 0 Å². The van der Waals surface area contributed by atoms with E-state index in [1.54, 1.807) is 0 Å². The second-order valence-electron chi connectivity index (χ2n) is 1.65. The van der Waals surface area contributed by atoms with Gasteiger partial charge in [0.2, 0.25) is 0 Å². The molecule has 0 spiro atoms. The van der Waals surface area contributed by atoms with E-state index in [2.05, 4.69) is 30.3 Å². The van der Waals surface area contributed by atoms with Gasteiger partial charge in [-0.05, 0) is 0 Å². The van der Waals surface area contributed by atoms with E-state index < -0.39 is 0 Å². The van der Waals surface area contributed by atoms with Gasteiger partial charge in [0, 0.05) is 0 Å². The monoisotopic (exact) mass is 226 g/mol. The fraction of sp³-hybridized carbons (Fsp3) is 0. The Balaban J connectivity index is 0. The molecule has 0 bridgehead atoms. The quantitative estimate of drug-likeness (QED) is 0.565. The van der Waals surface area contributed by atoms with Crippen molar-refractivity contribution in [2.45, 2.75) is 0 Å². The maximum absolute atomic E-state index is 2.17. The van der Waals surface area contributed by atoms with Crippen molar-refractivity contribution in [2.24, 2.45) is 0 Å². The van der Waals surface area contributed by atoms with Gasteiger partial charge in [0.25, 0.3) is 0 Å². The Morgan fingerprint density at radius 3 is 1.56 bits per heavy atom. The van der Waals surface area contributed by atoms with Crippen LogP contribution in [0.3, 0.4) is 0 Å². The van der Waals surface area contributed by atoms with Crippen LogP contribution in [0.2, 0.25) is 0 Å². The number of benzene rings is 1. The Bertz CT molecular complexity index is 141. The third-order valence-electron chi connectivity index (χ3n) is 0.940. The second-order valence-corrected chi connectivity index (χ2v) is 4.08. The molecule has 9 heavy (non-hydrogen) atoms. The molecule has 0 saturated carbocycles. The van der Waals surface area contributed by atoms with Gasteiger partial charge in [-0.15, -0.1) is 24.8 Å². The van der Waals surface area contributed by atoms with Gasteiger partial charge in [-0.3, -0.25) is 0 Å². The zero-order valence-corrected chi connectivity index (χ0v) is 11.0. The zero-order chi connectivity index (χ0) is 5.11. The molecule has 0 atom stereocenters. The van der Waals surface area contributed by atoms with Crippen molar-refractivity contribution in [2.75, 3.05) is 0 Å². The van der Waals surface area contributed by atoms with Crippen LogP contribution < -0.4 is 4.40 Å². The predicted octanol–water partition coefficient (Wildman–Crippen LogP) is 0.521. The van der Waals surface area contributed by atoms with E-state index in [-0.39, 0.29) is 24.8 Å². The van der Waals surface area contributed by atoms with Crippen LogP contribution in [0.15, 0.2) is 30.3 Å². The van der Waals surface area contributed by atoms with E-state index in [0.717, 1.165) is 16.5 Å². The Hall–Kier alpha value is 0.343. The molecule has 0 radical (unpaired) electrons. The molecule has 0 aliphatic rings. The molecular formula is C6H10Cl2Ge. The summed E-state index contributed by atoms with van der Waals surface area (Å²) in [6, 6.07) is 10.6. The Morgan fingerprint density at radius 2 is 1.33 bits per heavy atom. The summed E-state index contributed by atoms with van der Waals surface area (Å²) in [6.07, 6.45) is 0. The Kier molecular flexibility index (Phi) is 8.66. The van der Waals surface area contributed by atoms with E-state index in [4.69, 9.17) is 0 Å². The summed E-state index contributed by atoms with van der Waals surface area (Å²) in [5, 5.41) is 0. The van der Waals surface area contributed by atoms with Crippen LogP contribution in [0.1, 0.15) is 0 Å². The van der Waals surface area contributed by atoms with Gasteiger partial charge in [0.15, 0.2) is 0 Å². The molecule has 0 aliphatic heterocycles. The summed E-state index contributed by atoms with van der Waals surface area (Å²) >= 11 is 0.855. The van der Waals surface area contributed by atoms with Crippen molar-refractivity contribution in [1.29, 1.82) is 0 Å². The van der Waals surface area contributed by atoms with Gasteiger partial charge in [-0.25, -0.2) is 0 Å². The standard InChI is InChI=1S/C6H8Ge.2ClH/c7-6-4-2-1-3-5-6;;/h1-5H,7H3;2*1H. The van der Waals surface area contributed by atoms with Crippen molar-refractivity contribution >= 4 is 45.7 Å². The number of hydrogen-bond acceptors (Lipinski definition) is 0. The van der Waals surface area contributed by atoms with Gasteiger partial charge in [-0.1, -0.05) is 0 Å². The molecule has 0 nitrogen and oxygen atoms in total. The molecule has 0 fully saturated rings. The average molecular weight is 226 g/mol. The third kappa shape index (κ3) is 4.82. The van der Waals surface area contributed by atoms with Crippen molar-refractivity contribution < 1.29 is 0 Å². The van der Waals surface area contributed by atoms with Crippen LogP contribution in [0, 0.1) is 0 Å². The molecule has 0 heterocycles. The molecule has 0 amide bonds. The molecule has 52 valence electrons. The zero-order valence-electron chi connectivity index (χ0n) is 5.20. The number of halogens is 2. The van der Waals surface area contributed by atoms with Gasteiger partial charge in [0.1, 0.15) is 0 Å². The summed E-state index contributed by atoms with van der Waals surface area (Å²) in [5.74, 6) is 0. The summed E-state index contributed by atoms with van der Waals surface area (Å²) in [4.78, 5) is 0. The molecular weight excluding hydrogens is 216 g/mol. The topological polar surface area (TPSA) is 0 Å². The van der Waals surface area contributed by atoms with Crippen LogP contribution in [-0.2, 0) is 0 Å². The molecule has 1 aromatic rings. The Morgan fingerprint density at radius 1 is 0.889 bits per heavy atom. The fourth-order valence-corrected chi connectivity index (χ4v) is 1.34. The summed E-state index contributed by atoms with van der Waals surface area (Å²) < 4.78 is 1.51. The maximum atomic E-state index is 2.17. The molecule has 0 unspecified atom stereocenters. The van der Waals surface area contributed by atoms with Gasteiger partial charge in [-0.2, -0.15) is 0 Å². The first-order valence-electron chi connectivity index (χ1n) is 2.41. The number of rotatable bonds is 0. The van der Waals surface area contributed by atoms with Gasteiger partial charge in [0.05, 0.1) is 0 Å². The predicted molar refractivity (Wildman–Crippen MR) is 50.5 cm³/mol. The third-order valence-corrected chi connectivity index (χ3v) is 2.34. The fourth-order valence-electron chi connectivity index (χ4n) is 0.534. The molecule has 1 aromatic carbocycles. The molecule has 3 heteroatoms. The summed E-state index contributed by atoms with van der Waals surface area (Å²) in [6.45, 7) is 0. The average Bonchev–Trinajstić information content (AvgIpc) is 1.69. The van der Waals surface area contributed by atoms with E-state index in [1.165, 1.54) is 4.40 Å². The van der Waals surface area contributed by atoms with Gasteiger partial charge >= 0.3 is 51.2 Å². The van der Waals surface area contributed by atoms with Crippen molar-refractivity contribution in [1.82, 2.24) is 0 Å². The summed E-state index contributed by atoms with van der Waals surface area (Å²) in [5.41, 5.74) is 0. The minimum atomic E-state index is 0. The first-order chi connectivity index (χ1) is 3.39. The molecule has 0 aliphatic carbocycles. The van der Waals surface area contributed by atoms with E-state index >= 15 is 0 Å². The summed E-state index contributed by atoms with van der Waals surface area (Å²) in [7, 11) is 0. The van der Waals surface area contributed by atoms with Crippen molar-refractivity contribution in [3.63, 3.8) is 0 Å². The molecule has 1 rings (SSSR count). The van der Waals surface area contributed by atoms with Crippen molar-refractivity contribution in [3.8, 4) is 0 Å². The molecule has 0 N–H and O–H groups in total. The van der Waals surface area contributed by atoms with Crippen LogP contribution in [0.5, 0.6) is 0 Å². The van der Waals surface area contributed by atoms with E-state index in [0.29, 0.717) is 0 Å². The van der Waals surface area contributed by atoms with Crippen LogP contribution >= 0.6 is 24.8 Å². The van der Waals surface area contributed by atoms with E-state index in [9.17, 15) is 0 Å². The van der Waals surface area contributed by atoms with Crippen LogP contribution in [-0.4, -0.2) is 16.5 Å². The Labute approximate surface area is 76.1 Å². The first kappa shape index (κ1) is 12.1. The van der Waals surface area contributed by atoms with Crippen molar-refractivity contribution in [3.05, 3.63) is 30.3 Å². The van der Waals surface area contributed by atoms with Crippen LogP contribution in [0.25, 0.3) is 0 Å². The molecule has 0 saturated heterocycles. The van der Waals surface area contributed by atoms with Crippen LogP contribution in [0.4, 0.5) is 0 Å². The molecule has 0 aromatic heterocycles. The first-order valence-corrected chi connectivity index (χ1v) is 4.51. The SMILES string of the molecule is Cl.Cl.[GeH3][c]1ccccc1.